The summed E-state index contributed by atoms with van der Waals surface area (Å²) >= 11 is 0. The third-order valence-electron chi connectivity index (χ3n) is 4.19. The molecule has 3 heteroatoms. The van der Waals surface area contributed by atoms with Gasteiger partial charge in [0.25, 0.3) is 0 Å². The van der Waals surface area contributed by atoms with Crippen LogP contribution < -0.4 is 0 Å². The maximum Gasteiger partial charge on any atom is 0.309 e. The van der Waals surface area contributed by atoms with Gasteiger partial charge in [-0.05, 0) is 45.4 Å². The van der Waals surface area contributed by atoms with Crippen LogP contribution in [-0.4, -0.2) is 23.8 Å². The lowest BCUT2D eigenvalue weighted by Gasteiger charge is -2.47. The van der Waals surface area contributed by atoms with E-state index < -0.39 is 0 Å². The number of ether oxygens (including phenoxy) is 2. The van der Waals surface area contributed by atoms with Crippen molar-refractivity contribution in [2.45, 2.75) is 63.8 Å². The summed E-state index contributed by atoms with van der Waals surface area (Å²) in [6.45, 7) is 4.16. The van der Waals surface area contributed by atoms with Gasteiger partial charge in [0.15, 0.2) is 0 Å². The first kappa shape index (κ1) is 10.6. The van der Waals surface area contributed by atoms with Crippen molar-refractivity contribution in [3.8, 4) is 0 Å². The lowest BCUT2D eigenvalue weighted by atomic mass is 9.65. The van der Waals surface area contributed by atoms with Gasteiger partial charge in [-0.2, -0.15) is 0 Å². The first-order valence-electron chi connectivity index (χ1n) is 6.45. The molecule has 90 valence electrons. The number of fused-ring (bicyclic) bond motifs is 1. The molecule has 4 fully saturated rings. The van der Waals surface area contributed by atoms with Gasteiger partial charge in [-0.15, -0.1) is 0 Å². The smallest absolute Gasteiger partial charge is 0.309 e. The van der Waals surface area contributed by atoms with Crippen molar-refractivity contribution in [1.29, 1.82) is 0 Å². The van der Waals surface area contributed by atoms with E-state index in [1.54, 1.807) is 0 Å². The number of esters is 1. The van der Waals surface area contributed by atoms with E-state index in [-0.39, 0.29) is 29.7 Å². The zero-order valence-corrected chi connectivity index (χ0v) is 10.1. The van der Waals surface area contributed by atoms with E-state index in [9.17, 15) is 4.79 Å². The minimum Gasteiger partial charge on any atom is -0.462 e. The number of carbonyl (C=O) groups excluding carboxylic acids is 1. The van der Waals surface area contributed by atoms with E-state index in [4.69, 9.17) is 9.47 Å². The third-order valence-corrected chi connectivity index (χ3v) is 4.19. The first-order valence-corrected chi connectivity index (χ1v) is 6.45. The number of rotatable bonds is 2. The Hall–Kier alpha value is -0.570. The van der Waals surface area contributed by atoms with Crippen LogP contribution >= 0.6 is 0 Å². The van der Waals surface area contributed by atoms with E-state index in [1.807, 2.05) is 0 Å². The molecule has 0 radical (unpaired) electrons. The molecular formula is C13H20O3. The molecule has 0 amide bonds. The van der Waals surface area contributed by atoms with Gasteiger partial charge in [0.05, 0.1) is 17.6 Å². The summed E-state index contributed by atoms with van der Waals surface area (Å²) in [6, 6.07) is 0. The van der Waals surface area contributed by atoms with E-state index >= 15 is 0 Å². The maximum atomic E-state index is 11.8. The molecule has 4 bridgehead atoms. The predicted molar refractivity (Wildman–Crippen MR) is 58.9 cm³/mol. The average molecular weight is 224 g/mol. The van der Waals surface area contributed by atoms with Gasteiger partial charge in [0.1, 0.15) is 6.10 Å². The van der Waals surface area contributed by atoms with Crippen molar-refractivity contribution >= 4 is 5.97 Å². The molecular weight excluding hydrogens is 204 g/mol. The fraction of sp³-hybridized carbons (Fsp3) is 0.923. The van der Waals surface area contributed by atoms with E-state index in [0.717, 1.165) is 32.1 Å². The summed E-state index contributed by atoms with van der Waals surface area (Å²) in [5.41, 5.74) is -0.0587. The van der Waals surface area contributed by atoms with Gasteiger partial charge in [0.2, 0.25) is 0 Å². The third kappa shape index (κ3) is 1.65. The molecule has 0 aromatic rings. The molecule has 3 nitrogen and oxygen atoms in total. The van der Waals surface area contributed by atoms with E-state index in [0.29, 0.717) is 5.92 Å². The van der Waals surface area contributed by atoms with Crippen LogP contribution in [0, 0.1) is 11.8 Å². The Morgan fingerprint density at radius 1 is 1.31 bits per heavy atom. The summed E-state index contributed by atoms with van der Waals surface area (Å²) < 4.78 is 11.7. The molecule has 4 aliphatic rings. The molecule has 4 atom stereocenters. The number of hydrogen-bond donors (Lipinski definition) is 0. The van der Waals surface area contributed by atoms with Gasteiger partial charge < -0.3 is 9.47 Å². The molecule has 0 spiro atoms. The van der Waals surface area contributed by atoms with E-state index in [1.165, 1.54) is 0 Å². The minimum atomic E-state index is -0.0587. The molecule has 16 heavy (non-hydrogen) atoms. The minimum absolute atomic E-state index is 0.0291. The summed E-state index contributed by atoms with van der Waals surface area (Å²) in [5.74, 6) is 0.772. The highest BCUT2D eigenvalue weighted by Gasteiger charge is 2.53. The van der Waals surface area contributed by atoms with Crippen LogP contribution in [0.15, 0.2) is 0 Å². The van der Waals surface area contributed by atoms with Crippen molar-refractivity contribution in [1.82, 2.24) is 0 Å². The van der Waals surface area contributed by atoms with Crippen LogP contribution in [0.3, 0.4) is 0 Å². The largest absolute Gasteiger partial charge is 0.462 e. The highest BCUT2D eigenvalue weighted by atomic mass is 16.6. The Kier molecular flexibility index (Phi) is 2.29. The molecule has 2 saturated heterocycles. The average Bonchev–Trinajstić information content (AvgIpc) is 2.27. The van der Waals surface area contributed by atoms with Gasteiger partial charge in [-0.25, -0.2) is 0 Å². The molecule has 0 aromatic carbocycles. The van der Waals surface area contributed by atoms with Crippen LogP contribution in [0.25, 0.3) is 0 Å². The second-order valence-electron chi connectivity index (χ2n) is 6.06. The first-order chi connectivity index (χ1) is 7.56. The fourth-order valence-corrected chi connectivity index (χ4v) is 4.02. The normalized spacial score (nSPS) is 45.9. The second kappa shape index (κ2) is 3.46. The van der Waals surface area contributed by atoms with E-state index in [2.05, 4.69) is 13.8 Å². The lowest BCUT2D eigenvalue weighted by Crippen LogP contribution is -2.48. The summed E-state index contributed by atoms with van der Waals surface area (Å²) in [4.78, 5) is 11.8. The summed E-state index contributed by atoms with van der Waals surface area (Å²) in [7, 11) is 0. The van der Waals surface area contributed by atoms with Crippen LogP contribution in [-0.2, 0) is 14.3 Å². The van der Waals surface area contributed by atoms with Crippen molar-refractivity contribution in [3.63, 3.8) is 0 Å². The molecule has 2 saturated carbocycles. The number of carbonyl (C=O) groups is 1. The van der Waals surface area contributed by atoms with Crippen molar-refractivity contribution in [3.05, 3.63) is 0 Å². The van der Waals surface area contributed by atoms with Crippen molar-refractivity contribution in [2.75, 3.05) is 0 Å². The predicted octanol–water partition coefficient (Wildman–Crippen LogP) is 2.29. The standard InChI is InChI=1S/C13H20O3/c1-8(2)16-13-5-9-3-10(6-13)12(14)15-11(4-9)7-13/h8-11H,3-7H2,1-2H3. The maximum absolute atomic E-state index is 11.8. The van der Waals surface area contributed by atoms with Crippen LogP contribution in [0.1, 0.15) is 46.0 Å². The number of hydrogen-bond acceptors (Lipinski definition) is 3. The Balaban J connectivity index is 1.89. The van der Waals surface area contributed by atoms with Crippen LogP contribution in [0.2, 0.25) is 0 Å². The van der Waals surface area contributed by atoms with Gasteiger partial charge >= 0.3 is 5.97 Å². The molecule has 2 heterocycles. The Labute approximate surface area is 96.5 Å². The topological polar surface area (TPSA) is 35.5 Å². The lowest BCUT2D eigenvalue weighted by molar-refractivity contribution is -0.152. The van der Waals surface area contributed by atoms with Crippen molar-refractivity contribution < 1.29 is 14.3 Å². The molecule has 2 aliphatic heterocycles. The van der Waals surface area contributed by atoms with Gasteiger partial charge in [-0.1, -0.05) is 0 Å². The van der Waals surface area contributed by atoms with Gasteiger partial charge in [-0.3, -0.25) is 4.79 Å². The van der Waals surface area contributed by atoms with Gasteiger partial charge in [0, 0.05) is 6.42 Å². The second-order valence-corrected chi connectivity index (χ2v) is 6.06. The molecule has 4 unspecified atom stereocenters. The zero-order chi connectivity index (χ0) is 11.3. The van der Waals surface area contributed by atoms with Crippen LogP contribution in [0.4, 0.5) is 0 Å². The molecule has 2 aliphatic carbocycles. The quantitative estimate of drug-likeness (QED) is 0.675. The molecule has 0 aromatic heterocycles. The molecule has 0 N–H and O–H groups in total. The Bertz CT molecular complexity index is 308. The SMILES string of the molecule is CC(C)OC12CC3CC(C1)OC(=O)C(C3)C2. The summed E-state index contributed by atoms with van der Waals surface area (Å²) in [5, 5.41) is 0. The van der Waals surface area contributed by atoms with Crippen LogP contribution in [0.5, 0.6) is 0 Å². The summed E-state index contributed by atoms with van der Waals surface area (Å²) in [6.07, 6.45) is 5.39. The Morgan fingerprint density at radius 3 is 2.88 bits per heavy atom. The molecule has 4 rings (SSSR count). The monoisotopic (exact) mass is 224 g/mol. The highest BCUT2D eigenvalue weighted by molar-refractivity contribution is 5.73. The highest BCUT2D eigenvalue weighted by Crippen LogP contribution is 2.51. The fourth-order valence-electron chi connectivity index (χ4n) is 4.02. The Morgan fingerprint density at radius 2 is 2.12 bits per heavy atom. The zero-order valence-electron chi connectivity index (χ0n) is 10.1. The van der Waals surface area contributed by atoms with Crippen molar-refractivity contribution in [2.24, 2.45) is 11.8 Å².